The molecular formula is C17H18FN3O2. The average molecular weight is 315 g/mol. The van der Waals surface area contributed by atoms with Gasteiger partial charge in [0.1, 0.15) is 5.82 Å². The summed E-state index contributed by atoms with van der Waals surface area (Å²) in [6, 6.07) is 5.98. The largest absolute Gasteiger partial charge is 0.420 e. The molecule has 4 rings (SSSR count). The van der Waals surface area contributed by atoms with Crippen molar-refractivity contribution in [3.8, 4) is 11.5 Å². The van der Waals surface area contributed by atoms with E-state index >= 15 is 0 Å². The minimum Gasteiger partial charge on any atom is -0.420 e. The minimum absolute atomic E-state index is 0.0909. The first-order valence-electron chi connectivity index (χ1n) is 8.09. The van der Waals surface area contributed by atoms with Crippen molar-refractivity contribution in [1.82, 2.24) is 15.1 Å². The van der Waals surface area contributed by atoms with Crippen molar-refractivity contribution in [2.75, 3.05) is 13.1 Å². The molecule has 2 heterocycles. The van der Waals surface area contributed by atoms with Crippen LogP contribution in [0.4, 0.5) is 4.39 Å². The quantitative estimate of drug-likeness (QED) is 0.873. The number of hydrogen-bond donors (Lipinski definition) is 0. The fourth-order valence-corrected chi connectivity index (χ4v) is 3.08. The number of piperidine rings is 1. The summed E-state index contributed by atoms with van der Waals surface area (Å²) in [4.78, 5) is 14.2. The Morgan fingerprint density at radius 1 is 1.17 bits per heavy atom. The number of benzene rings is 1. The summed E-state index contributed by atoms with van der Waals surface area (Å²) in [6.07, 6.45) is 3.95. The lowest BCUT2D eigenvalue weighted by Gasteiger charge is -2.31. The highest BCUT2D eigenvalue weighted by atomic mass is 19.1. The maximum Gasteiger partial charge on any atom is 0.247 e. The Morgan fingerprint density at radius 3 is 2.70 bits per heavy atom. The molecule has 0 spiro atoms. The third-order valence-electron chi connectivity index (χ3n) is 4.54. The van der Waals surface area contributed by atoms with Crippen LogP contribution in [0.25, 0.3) is 11.5 Å². The molecule has 1 aromatic heterocycles. The minimum atomic E-state index is -0.296. The van der Waals surface area contributed by atoms with E-state index in [1.807, 2.05) is 4.90 Å². The van der Waals surface area contributed by atoms with E-state index in [1.54, 1.807) is 12.1 Å². The first kappa shape index (κ1) is 14.4. The molecular weight excluding hydrogens is 297 g/mol. The number of nitrogens with zero attached hydrogens (tertiary/aromatic N) is 3. The molecule has 120 valence electrons. The summed E-state index contributed by atoms with van der Waals surface area (Å²) in [5.41, 5.74) is 0.701. The Labute approximate surface area is 133 Å². The molecule has 1 amide bonds. The number of amides is 1. The van der Waals surface area contributed by atoms with E-state index in [-0.39, 0.29) is 23.6 Å². The first-order chi connectivity index (χ1) is 11.2. The third-order valence-corrected chi connectivity index (χ3v) is 4.54. The van der Waals surface area contributed by atoms with Gasteiger partial charge in [0, 0.05) is 24.6 Å². The van der Waals surface area contributed by atoms with Crippen molar-refractivity contribution < 1.29 is 13.6 Å². The van der Waals surface area contributed by atoms with Gasteiger partial charge in [-0.3, -0.25) is 4.79 Å². The molecule has 1 saturated heterocycles. The number of carbonyl (C=O) groups excluding carboxylic acids is 1. The smallest absolute Gasteiger partial charge is 0.247 e. The summed E-state index contributed by atoms with van der Waals surface area (Å²) in [5, 5.41) is 8.21. The van der Waals surface area contributed by atoms with E-state index in [4.69, 9.17) is 4.42 Å². The van der Waals surface area contributed by atoms with Gasteiger partial charge < -0.3 is 9.32 Å². The number of aromatic nitrogens is 2. The Hall–Kier alpha value is -2.24. The molecule has 2 aliphatic rings. The summed E-state index contributed by atoms with van der Waals surface area (Å²) >= 11 is 0. The van der Waals surface area contributed by atoms with Crippen molar-refractivity contribution >= 4 is 5.91 Å². The predicted octanol–water partition coefficient (Wildman–Crippen LogP) is 2.99. The Balaban J connectivity index is 1.49. The van der Waals surface area contributed by atoms with Crippen LogP contribution in [0.2, 0.25) is 0 Å². The van der Waals surface area contributed by atoms with Gasteiger partial charge in [0.15, 0.2) is 0 Å². The zero-order valence-electron chi connectivity index (χ0n) is 12.7. The second-order valence-electron chi connectivity index (χ2n) is 6.35. The lowest BCUT2D eigenvalue weighted by molar-refractivity contribution is -0.133. The van der Waals surface area contributed by atoms with Gasteiger partial charge in [-0.25, -0.2) is 4.39 Å². The molecule has 23 heavy (non-hydrogen) atoms. The van der Waals surface area contributed by atoms with Crippen molar-refractivity contribution in [3.05, 3.63) is 36.0 Å². The summed E-state index contributed by atoms with van der Waals surface area (Å²) in [6.45, 7) is 1.48. The van der Waals surface area contributed by atoms with Gasteiger partial charge in [0.25, 0.3) is 0 Å². The lowest BCUT2D eigenvalue weighted by Crippen LogP contribution is -2.40. The van der Waals surface area contributed by atoms with Crippen LogP contribution in [-0.2, 0) is 4.79 Å². The van der Waals surface area contributed by atoms with E-state index in [9.17, 15) is 9.18 Å². The first-order valence-corrected chi connectivity index (χ1v) is 8.09. The van der Waals surface area contributed by atoms with Crippen LogP contribution in [0, 0.1) is 11.7 Å². The molecule has 2 fully saturated rings. The van der Waals surface area contributed by atoms with Gasteiger partial charge >= 0.3 is 0 Å². The molecule has 1 unspecified atom stereocenters. The van der Waals surface area contributed by atoms with Crippen LogP contribution >= 0.6 is 0 Å². The zero-order chi connectivity index (χ0) is 15.8. The van der Waals surface area contributed by atoms with Crippen LogP contribution < -0.4 is 0 Å². The molecule has 1 aliphatic carbocycles. The topological polar surface area (TPSA) is 59.2 Å². The highest BCUT2D eigenvalue weighted by Gasteiger charge is 2.36. The van der Waals surface area contributed by atoms with Gasteiger partial charge in [-0.1, -0.05) is 0 Å². The number of likely N-dealkylation sites (tertiary alicyclic amines) is 1. The fraction of sp³-hybridized carbons (Fsp3) is 0.471. The SMILES string of the molecule is O=C(C1CC1)N1CCCC(c2nnc(-c3ccc(F)cc3)o2)C1. The van der Waals surface area contributed by atoms with Crippen LogP contribution in [0.5, 0.6) is 0 Å². The summed E-state index contributed by atoms with van der Waals surface area (Å²) in [7, 11) is 0. The predicted molar refractivity (Wildman–Crippen MR) is 81.0 cm³/mol. The molecule has 2 aromatic rings. The van der Waals surface area contributed by atoms with Gasteiger partial charge in [0.2, 0.25) is 17.7 Å². The zero-order valence-corrected chi connectivity index (χ0v) is 12.7. The number of hydrogen-bond acceptors (Lipinski definition) is 4. The van der Waals surface area contributed by atoms with Gasteiger partial charge in [-0.2, -0.15) is 0 Å². The highest BCUT2D eigenvalue weighted by Crippen LogP contribution is 2.34. The fourth-order valence-electron chi connectivity index (χ4n) is 3.08. The Kier molecular flexibility index (Phi) is 3.59. The molecule has 5 nitrogen and oxygen atoms in total. The third kappa shape index (κ3) is 2.98. The highest BCUT2D eigenvalue weighted by molar-refractivity contribution is 5.81. The number of rotatable bonds is 3. The van der Waals surface area contributed by atoms with Crippen molar-refractivity contribution in [2.45, 2.75) is 31.6 Å². The van der Waals surface area contributed by atoms with Crippen molar-refractivity contribution in [1.29, 1.82) is 0 Å². The van der Waals surface area contributed by atoms with Crippen LogP contribution in [-0.4, -0.2) is 34.1 Å². The molecule has 1 saturated carbocycles. The molecule has 6 heteroatoms. The van der Waals surface area contributed by atoms with Gasteiger partial charge in [-0.15, -0.1) is 10.2 Å². The van der Waals surface area contributed by atoms with E-state index < -0.39 is 0 Å². The van der Waals surface area contributed by atoms with Crippen molar-refractivity contribution in [3.63, 3.8) is 0 Å². The normalized spacial score (nSPS) is 21.4. The maximum atomic E-state index is 13.0. The number of halogens is 1. The second-order valence-corrected chi connectivity index (χ2v) is 6.35. The van der Waals surface area contributed by atoms with E-state index in [0.717, 1.165) is 32.2 Å². The molecule has 0 bridgehead atoms. The molecule has 1 atom stereocenters. The van der Waals surface area contributed by atoms with Crippen molar-refractivity contribution in [2.24, 2.45) is 5.92 Å². The second kappa shape index (κ2) is 5.76. The number of carbonyl (C=O) groups is 1. The molecule has 1 aromatic carbocycles. The standard InChI is InChI=1S/C17H18FN3O2/c18-14-7-5-11(6-8-14)15-19-20-16(23-15)13-2-1-9-21(10-13)17(22)12-3-4-12/h5-8,12-13H,1-4,9-10H2. The van der Waals surface area contributed by atoms with Crippen LogP contribution in [0.15, 0.2) is 28.7 Å². The van der Waals surface area contributed by atoms with Crippen LogP contribution in [0.3, 0.4) is 0 Å². The van der Waals surface area contributed by atoms with Gasteiger partial charge in [-0.05, 0) is 49.9 Å². The average Bonchev–Trinajstić information content (AvgIpc) is 3.32. The molecule has 0 N–H and O–H groups in total. The van der Waals surface area contributed by atoms with E-state index in [0.29, 0.717) is 23.9 Å². The van der Waals surface area contributed by atoms with Crippen LogP contribution in [0.1, 0.15) is 37.5 Å². The molecule has 0 radical (unpaired) electrons. The van der Waals surface area contributed by atoms with E-state index in [1.165, 1.54) is 12.1 Å². The monoisotopic (exact) mass is 315 g/mol. The molecule has 1 aliphatic heterocycles. The maximum absolute atomic E-state index is 13.0. The summed E-state index contributed by atoms with van der Waals surface area (Å²) in [5.74, 6) is 1.27. The van der Waals surface area contributed by atoms with E-state index in [2.05, 4.69) is 10.2 Å². The lowest BCUT2D eigenvalue weighted by atomic mass is 9.97. The summed E-state index contributed by atoms with van der Waals surface area (Å²) < 4.78 is 18.8. The Bertz CT molecular complexity index is 709. The van der Waals surface area contributed by atoms with Gasteiger partial charge in [0.05, 0.1) is 5.92 Å². The Morgan fingerprint density at radius 2 is 1.96 bits per heavy atom.